The van der Waals surface area contributed by atoms with Gasteiger partial charge in [0, 0.05) is 38.7 Å². The lowest BCUT2D eigenvalue weighted by Gasteiger charge is -2.35. The molecule has 3 heterocycles. The van der Waals surface area contributed by atoms with Gasteiger partial charge in [0.2, 0.25) is 27.6 Å². The number of ether oxygens (including phenoxy) is 1. The van der Waals surface area contributed by atoms with Crippen LogP contribution < -0.4 is 0 Å². The molecule has 1 aromatic carbocycles. The van der Waals surface area contributed by atoms with Gasteiger partial charge in [0.1, 0.15) is 4.90 Å². The molecule has 11 heteroatoms. The maximum atomic E-state index is 13.4. The number of piperidine rings is 1. The molecule has 0 N–H and O–H groups in total. The number of rotatable bonds is 4. The fraction of sp³-hybridized carbons (Fsp3) is 0.526. The monoisotopic (exact) mass is 454 g/mol. The van der Waals surface area contributed by atoms with Gasteiger partial charge >= 0.3 is 0 Å². The minimum absolute atomic E-state index is 0.0136. The van der Waals surface area contributed by atoms with Crippen LogP contribution in [-0.4, -0.2) is 73.1 Å². The predicted molar refractivity (Wildman–Crippen MR) is 108 cm³/mol. The van der Waals surface area contributed by atoms with Crippen LogP contribution in [0.15, 0.2) is 27.6 Å². The van der Waals surface area contributed by atoms with Crippen molar-refractivity contribution in [3.63, 3.8) is 0 Å². The van der Waals surface area contributed by atoms with Gasteiger partial charge < -0.3 is 14.2 Å². The molecule has 30 heavy (non-hydrogen) atoms. The van der Waals surface area contributed by atoms with Gasteiger partial charge in [-0.05, 0) is 31.0 Å². The molecule has 0 saturated carbocycles. The standard InChI is InChI=1S/C19H23ClN4O5S/c1-13-21-18(22-29-13)14-4-5-16(20)17(11-14)30(26,27)24-6-2-3-15(12-24)19(25)23-7-9-28-10-8-23/h4-5,11,15H,2-3,6-10,12H2,1H3. The average molecular weight is 455 g/mol. The molecule has 0 bridgehead atoms. The highest BCUT2D eigenvalue weighted by Crippen LogP contribution is 2.32. The molecular weight excluding hydrogens is 432 g/mol. The lowest BCUT2D eigenvalue weighted by molar-refractivity contribution is -0.140. The van der Waals surface area contributed by atoms with Gasteiger partial charge in [-0.2, -0.15) is 9.29 Å². The number of aryl methyl sites for hydroxylation is 1. The summed E-state index contributed by atoms with van der Waals surface area (Å²) in [6, 6.07) is 4.61. The van der Waals surface area contributed by atoms with Gasteiger partial charge in [0.15, 0.2) is 0 Å². The molecule has 2 saturated heterocycles. The first kappa shape index (κ1) is 21.2. The van der Waals surface area contributed by atoms with Crippen molar-refractivity contribution in [3.05, 3.63) is 29.1 Å². The predicted octanol–water partition coefficient (Wildman–Crippen LogP) is 1.96. The van der Waals surface area contributed by atoms with E-state index < -0.39 is 10.0 Å². The fourth-order valence-corrected chi connectivity index (χ4v) is 5.82. The number of aromatic nitrogens is 2. The Morgan fingerprint density at radius 2 is 2.00 bits per heavy atom. The van der Waals surface area contributed by atoms with Crippen LogP contribution in [0.25, 0.3) is 11.4 Å². The summed E-state index contributed by atoms with van der Waals surface area (Å²) in [6.07, 6.45) is 1.28. The van der Waals surface area contributed by atoms with Crippen molar-refractivity contribution in [2.75, 3.05) is 39.4 Å². The van der Waals surface area contributed by atoms with Crippen LogP contribution in [-0.2, 0) is 19.6 Å². The average Bonchev–Trinajstić information content (AvgIpc) is 3.20. The number of sulfonamides is 1. The number of carbonyl (C=O) groups is 1. The fourth-order valence-electron chi connectivity index (χ4n) is 3.80. The van der Waals surface area contributed by atoms with Crippen LogP contribution in [0.1, 0.15) is 18.7 Å². The highest BCUT2D eigenvalue weighted by Gasteiger charge is 2.36. The maximum Gasteiger partial charge on any atom is 0.244 e. The Bertz CT molecular complexity index is 1040. The highest BCUT2D eigenvalue weighted by molar-refractivity contribution is 7.89. The van der Waals surface area contributed by atoms with Gasteiger partial charge in [-0.3, -0.25) is 4.79 Å². The minimum atomic E-state index is -3.89. The van der Waals surface area contributed by atoms with Crippen LogP contribution in [0.3, 0.4) is 0 Å². The molecule has 0 radical (unpaired) electrons. The van der Waals surface area contributed by atoms with Crippen LogP contribution >= 0.6 is 11.6 Å². The van der Waals surface area contributed by atoms with Gasteiger partial charge in [-0.25, -0.2) is 8.42 Å². The smallest absolute Gasteiger partial charge is 0.244 e. The third-order valence-electron chi connectivity index (χ3n) is 5.39. The van der Waals surface area contributed by atoms with Crippen molar-refractivity contribution in [1.82, 2.24) is 19.3 Å². The van der Waals surface area contributed by atoms with Crippen molar-refractivity contribution in [3.8, 4) is 11.4 Å². The zero-order valence-electron chi connectivity index (χ0n) is 16.6. The third-order valence-corrected chi connectivity index (χ3v) is 7.74. The summed E-state index contributed by atoms with van der Waals surface area (Å²) in [5.74, 6) is 0.290. The molecule has 1 unspecified atom stereocenters. The van der Waals surface area contributed by atoms with Crippen molar-refractivity contribution in [2.45, 2.75) is 24.7 Å². The van der Waals surface area contributed by atoms with E-state index in [0.717, 1.165) is 0 Å². The summed E-state index contributed by atoms with van der Waals surface area (Å²) in [6.45, 7) is 4.25. The Morgan fingerprint density at radius 3 is 2.70 bits per heavy atom. The van der Waals surface area contributed by atoms with Gasteiger partial charge in [0.25, 0.3) is 0 Å². The van der Waals surface area contributed by atoms with Crippen molar-refractivity contribution < 1.29 is 22.5 Å². The molecule has 1 atom stereocenters. The Labute approximate surface area is 180 Å². The summed E-state index contributed by atoms with van der Waals surface area (Å²) in [5, 5.41) is 3.95. The van der Waals surface area contributed by atoms with E-state index in [4.69, 9.17) is 20.9 Å². The second-order valence-corrected chi connectivity index (χ2v) is 9.74. The van der Waals surface area contributed by atoms with Gasteiger partial charge in [-0.15, -0.1) is 0 Å². The summed E-state index contributed by atoms with van der Waals surface area (Å²) in [5.41, 5.74) is 0.493. The van der Waals surface area contributed by atoms with Crippen molar-refractivity contribution in [2.24, 2.45) is 5.92 Å². The summed E-state index contributed by atoms with van der Waals surface area (Å²) in [7, 11) is -3.89. The Morgan fingerprint density at radius 1 is 1.23 bits per heavy atom. The molecule has 2 aromatic rings. The van der Waals surface area contributed by atoms with Gasteiger partial charge in [-0.1, -0.05) is 16.8 Å². The number of carbonyl (C=O) groups excluding carboxylic acids is 1. The van der Waals surface area contributed by atoms with Crippen LogP contribution in [0, 0.1) is 12.8 Å². The zero-order chi connectivity index (χ0) is 21.3. The largest absolute Gasteiger partial charge is 0.378 e. The molecule has 0 spiro atoms. The van der Waals surface area contributed by atoms with Crippen LogP contribution in [0.5, 0.6) is 0 Å². The van der Waals surface area contributed by atoms with Crippen LogP contribution in [0.2, 0.25) is 5.02 Å². The number of halogens is 1. The number of nitrogens with zero attached hydrogens (tertiary/aromatic N) is 4. The van der Waals surface area contributed by atoms with Crippen molar-refractivity contribution >= 4 is 27.5 Å². The molecule has 1 aromatic heterocycles. The molecule has 2 fully saturated rings. The lowest BCUT2D eigenvalue weighted by Crippen LogP contribution is -2.49. The molecule has 9 nitrogen and oxygen atoms in total. The quantitative estimate of drug-likeness (QED) is 0.695. The first-order chi connectivity index (χ1) is 14.4. The Balaban J connectivity index is 1.57. The van der Waals surface area contributed by atoms with E-state index in [2.05, 4.69) is 10.1 Å². The topological polar surface area (TPSA) is 106 Å². The molecule has 4 rings (SSSR count). The van der Waals surface area contributed by atoms with Crippen LogP contribution in [0.4, 0.5) is 0 Å². The van der Waals surface area contributed by atoms with E-state index in [1.54, 1.807) is 17.9 Å². The second kappa shape index (κ2) is 8.62. The molecule has 2 aliphatic heterocycles. The van der Waals surface area contributed by atoms with E-state index in [-0.39, 0.29) is 28.3 Å². The van der Waals surface area contributed by atoms with E-state index in [9.17, 15) is 13.2 Å². The van der Waals surface area contributed by atoms with E-state index >= 15 is 0 Å². The maximum absolute atomic E-state index is 13.4. The number of morpholine rings is 1. The summed E-state index contributed by atoms with van der Waals surface area (Å²) < 4.78 is 38.4. The zero-order valence-corrected chi connectivity index (χ0v) is 18.2. The SMILES string of the molecule is Cc1nc(-c2ccc(Cl)c(S(=O)(=O)N3CCCC(C(=O)N4CCOCC4)C3)c2)no1. The normalized spacial score (nSPS) is 21.0. The molecule has 2 aliphatic rings. The first-order valence-corrected chi connectivity index (χ1v) is 11.6. The van der Waals surface area contributed by atoms with E-state index in [0.29, 0.717) is 63.0 Å². The highest BCUT2D eigenvalue weighted by atomic mass is 35.5. The molecule has 162 valence electrons. The Hall–Kier alpha value is -2.01. The second-order valence-electron chi connectivity index (χ2n) is 7.42. The molecular formula is C19H23ClN4O5S. The molecule has 0 aliphatic carbocycles. The minimum Gasteiger partial charge on any atom is -0.378 e. The van der Waals surface area contributed by atoms with Gasteiger partial charge in [0.05, 0.1) is 24.2 Å². The lowest BCUT2D eigenvalue weighted by atomic mass is 9.98. The van der Waals surface area contributed by atoms with E-state index in [1.165, 1.54) is 16.4 Å². The third kappa shape index (κ3) is 4.22. The van der Waals surface area contributed by atoms with Crippen molar-refractivity contribution in [1.29, 1.82) is 0 Å². The first-order valence-electron chi connectivity index (χ1n) is 9.83. The number of hydrogen-bond donors (Lipinski definition) is 0. The summed E-state index contributed by atoms with van der Waals surface area (Å²) in [4.78, 5) is 18.7. The molecule has 1 amide bonds. The Kier molecular flexibility index (Phi) is 6.10. The number of amides is 1. The van der Waals surface area contributed by atoms with E-state index in [1.807, 2.05) is 0 Å². The number of hydrogen-bond acceptors (Lipinski definition) is 7. The summed E-state index contributed by atoms with van der Waals surface area (Å²) >= 11 is 6.25. The number of benzene rings is 1.